The summed E-state index contributed by atoms with van der Waals surface area (Å²) >= 11 is 0. The molecular formula is C19H33N3O. The molecule has 2 fully saturated rings. The molecule has 0 N–H and O–H groups in total. The van der Waals surface area contributed by atoms with Crippen molar-refractivity contribution in [3.05, 3.63) is 29.6 Å². The van der Waals surface area contributed by atoms with Crippen molar-refractivity contribution in [1.29, 1.82) is 0 Å². The molecule has 0 spiro atoms. The van der Waals surface area contributed by atoms with Gasteiger partial charge in [-0.05, 0) is 64.0 Å². The Morgan fingerprint density at radius 1 is 1.22 bits per heavy atom. The fourth-order valence-corrected chi connectivity index (χ4v) is 2.93. The first-order valence-corrected chi connectivity index (χ1v) is 8.99. The average Bonchev–Trinajstić information content (AvgIpc) is 3.21. The molecular weight excluding hydrogens is 286 g/mol. The summed E-state index contributed by atoms with van der Waals surface area (Å²) in [7, 11) is 2.17. The number of hydrogen-bond donors (Lipinski definition) is 0. The van der Waals surface area contributed by atoms with Crippen LogP contribution in [0.2, 0.25) is 0 Å². The Bertz CT molecular complexity index is 444. The lowest BCUT2D eigenvalue weighted by Crippen LogP contribution is -2.20. The van der Waals surface area contributed by atoms with Crippen LogP contribution in [0.25, 0.3) is 0 Å². The Morgan fingerprint density at radius 3 is 2.39 bits per heavy atom. The molecule has 1 aromatic heterocycles. The van der Waals surface area contributed by atoms with Gasteiger partial charge in [0.2, 0.25) is 0 Å². The third kappa shape index (κ3) is 7.71. The lowest BCUT2D eigenvalue weighted by Gasteiger charge is -2.14. The highest BCUT2D eigenvalue weighted by Gasteiger charge is 2.18. The maximum absolute atomic E-state index is 10.6. The largest absolute Gasteiger partial charge is 0.306 e. The number of carbonyl (C=O) groups is 1. The Hall–Kier alpha value is -1.26. The molecule has 2 saturated heterocycles. The highest BCUT2D eigenvalue weighted by atomic mass is 16.1. The van der Waals surface area contributed by atoms with Gasteiger partial charge in [0.05, 0.1) is 5.69 Å². The Balaban J connectivity index is 0.000000276. The quantitative estimate of drug-likeness (QED) is 0.799. The van der Waals surface area contributed by atoms with E-state index in [4.69, 9.17) is 0 Å². The topological polar surface area (TPSA) is 36.4 Å². The fraction of sp³-hybridized carbons (Fsp3) is 0.684. The monoisotopic (exact) mass is 319 g/mol. The summed E-state index contributed by atoms with van der Waals surface area (Å²) in [5.74, 6) is 0.791. The van der Waals surface area contributed by atoms with Crippen LogP contribution in [-0.4, -0.2) is 54.3 Å². The zero-order chi connectivity index (χ0) is 17.1. The second-order valence-corrected chi connectivity index (χ2v) is 6.31. The van der Waals surface area contributed by atoms with Crippen molar-refractivity contribution in [1.82, 2.24) is 14.8 Å². The number of aldehydes is 1. The van der Waals surface area contributed by atoms with Crippen LogP contribution < -0.4 is 0 Å². The van der Waals surface area contributed by atoms with Gasteiger partial charge in [-0.25, -0.2) is 4.98 Å². The highest BCUT2D eigenvalue weighted by molar-refractivity contribution is 5.71. The van der Waals surface area contributed by atoms with Crippen LogP contribution in [0.3, 0.4) is 0 Å². The smallest absolute Gasteiger partial charge is 0.168 e. The van der Waals surface area contributed by atoms with E-state index in [9.17, 15) is 4.79 Å². The third-order valence-electron chi connectivity index (χ3n) is 4.17. The molecule has 4 heteroatoms. The van der Waals surface area contributed by atoms with Gasteiger partial charge in [0.1, 0.15) is 5.69 Å². The van der Waals surface area contributed by atoms with Gasteiger partial charge < -0.3 is 4.90 Å². The van der Waals surface area contributed by atoms with Crippen molar-refractivity contribution in [3.8, 4) is 0 Å². The van der Waals surface area contributed by atoms with E-state index in [0.717, 1.165) is 37.5 Å². The molecule has 0 unspecified atom stereocenters. The zero-order valence-corrected chi connectivity index (χ0v) is 15.3. The number of carbonyl (C=O) groups excluding carboxylic acids is 1. The molecule has 0 saturated carbocycles. The number of aromatic nitrogens is 1. The van der Waals surface area contributed by atoms with E-state index in [1.165, 1.54) is 32.4 Å². The summed E-state index contributed by atoms with van der Waals surface area (Å²) in [6, 6.07) is 5.62. The van der Waals surface area contributed by atoms with Crippen molar-refractivity contribution in [2.45, 2.75) is 46.6 Å². The van der Waals surface area contributed by atoms with Crippen LogP contribution >= 0.6 is 0 Å². The fourth-order valence-electron chi connectivity index (χ4n) is 2.93. The SMILES string of the molecule is CC.CN1CCCC1.C[C@H]1CCN(Cc2cccc(C=O)n2)C1. The zero-order valence-electron chi connectivity index (χ0n) is 15.3. The molecule has 3 heterocycles. The highest BCUT2D eigenvalue weighted by Crippen LogP contribution is 2.16. The molecule has 3 rings (SSSR count). The predicted molar refractivity (Wildman–Crippen MR) is 96.8 cm³/mol. The number of likely N-dealkylation sites (tertiary alicyclic amines) is 2. The van der Waals surface area contributed by atoms with Crippen molar-refractivity contribution >= 4 is 6.29 Å². The lowest BCUT2D eigenvalue weighted by molar-refractivity contribution is 0.111. The van der Waals surface area contributed by atoms with Crippen molar-refractivity contribution in [2.24, 2.45) is 5.92 Å². The molecule has 0 bridgehead atoms. The van der Waals surface area contributed by atoms with E-state index in [1.54, 1.807) is 6.07 Å². The van der Waals surface area contributed by atoms with E-state index >= 15 is 0 Å². The van der Waals surface area contributed by atoms with Gasteiger partial charge >= 0.3 is 0 Å². The predicted octanol–water partition coefficient (Wildman–Crippen LogP) is 3.47. The molecule has 0 aliphatic carbocycles. The van der Waals surface area contributed by atoms with Crippen LogP contribution in [-0.2, 0) is 6.54 Å². The molecule has 0 amide bonds. The van der Waals surface area contributed by atoms with E-state index in [2.05, 4.69) is 28.8 Å². The first kappa shape index (κ1) is 19.8. The van der Waals surface area contributed by atoms with E-state index in [-0.39, 0.29) is 0 Å². The minimum atomic E-state index is 0.528. The first-order valence-electron chi connectivity index (χ1n) is 8.99. The van der Waals surface area contributed by atoms with Crippen LogP contribution in [0.15, 0.2) is 18.2 Å². The molecule has 2 aliphatic rings. The van der Waals surface area contributed by atoms with Gasteiger partial charge in [-0.2, -0.15) is 0 Å². The summed E-state index contributed by atoms with van der Waals surface area (Å²) in [4.78, 5) is 19.6. The van der Waals surface area contributed by atoms with E-state index in [1.807, 2.05) is 26.0 Å². The second kappa shape index (κ2) is 11.3. The normalized spacial score (nSPS) is 21.1. The van der Waals surface area contributed by atoms with Crippen LogP contribution in [0, 0.1) is 5.92 Å². The average molecular weight is 319 g/mol. The number of hydrogen-bond acceptors (Lipinski definition) is 4. The van der Waals surface area contributed by atoms with E-state index < -0.39 is 0 Å². The lowest BCUT2D eigenvalue weighted by atomic mass is 10.2. The van der Waals surface area contributed by atoms with Crippen molar-refractivity contribution in [2.75, 3.05) is 33.2 Å². The number of nitrogens with zero attached hydrogens (tertiary/aromatic N) is 3. The van der Waals surface area contributed by atoms with Gasteiger partial charge in [0.25, 0.3) is 0 Å². The molecule has 23 heavy (non-hydrogen) atoms. The second-order valence-electron chi connectivity index (χ2n) is 6.31. The Kier molecular flexibility index (Phi) is 9.72. The maximum atomic E-state index is 10.6. The molecule has 0 radical (unpaired) electrons. The Labute approximate surface area is 141 Å². The van der Waals surface area contributed by atoms with Gasteiger partial charge in [-0.15, -0.1) is 0 Å². The van der Waals surface area contributed by atoms with Gasteiger partial charge in [0.15, 0.2) is 6.29 Å². The Morgan fingerprint density at radius 2 is 1.91 bits per heavy atom. The van der Waals surface area contributed by atoms with Gasteiger partial charge in [-0.1, -0.05) is 26.8 Å². The summed E-state index contributed by atoms with van der Waals surface area (Å²) < 4.78 is 0. The maximum Gasteiger partial charge on any atom is 0.168 e. The molecule has 1 aromatic rings. The van der Waals surface area contributed by atoms with Crippen molar-refractivity contribution in [3.63, 3.8) is 0 Å². The first-order chi connectivity index (χ1) is 11.2. The van der Waals surface area contributed by atoms with Crippen LogP contribution in [0.5, 0.6) is 0 Å². The van der Waals surface area contributed by atoms with E-state index in [0.29, 0.717) is 5.69 Å². The van der Waals surface area contributed by atoms with Crippen molar-refractivity contribution < 1.29 is 4.79 Å². The third-order valence-corrected chi connectivity index (χ3v) is 4.17. The molecule has 130 valence electrons. The minimum absolute atomic E-state index is 0.528. The summed E-state index contributed by atoms with van der Waals surface area (Å²) in [5.41, 5.74) is 1.52. The van der Waals surface area contributed by atoms with Crippen LogP contribution in [0.1, 0.15) is 56.2 Å². The molecule has 2 aliphatic heterocycles. The number of rotatable bonds is 3. The molecule has 0 aromatic carbocycles. The minimum Gasteiger partial charge on any atom is -0.306 e. The summed E-state index contributed by atoms with van der Waals surface area (Å²) in [5, 5.41) is 0. The molecule has 1 atom stereocenters. The molecule has 4 nitrogen and oxygen atoms in total. The van der Waals surface area contributed by atoms with Crippen LogP contribution in [0.4, 0.5) is 0 Å². The number of pyridine rings is 1. The summed E-state index contributed by atoms with van der Waals surface area (Å²) in [6.45, 7) is 12.1. The van der Waals surface area contributed by atoms with Gasteiger partial charge in [-0.3, -0.25) is 9.69 Å². The summed E-state index contributed by atoms with van der Waals surface area (Å²) in [6.07, 6.45) is 4.90. The van der Waals surface area contributed by atoms with Gasteiger partial charge in [0, 0.05) is 13.1 Å². The standard InChI is InChI=1S/C12H16N2O.C5H11N.C2H6/c1-10-5-6-14(7-10)8-11-3-2-4-12(9-15)13-11;1-6-4-2-3-5-6;1-2/h2-4,9-10H,5-8H2,1H3;2-5H2,1H3;1-2H3/t10-;;/m0../s1.